The number of pyridine rings is 1. The Morgan fingerprint density at radius 3 is 2.75 bits per heavy atom. The van der Waals surface area contributed by atoms with Crippen LogP contribution in [0.5, 0.6) is 0 Å². The highest BCUT2D eigenvalue weighted by molar-refractivity contribution is 5.93. The molecule has 1 aliphatic carbocycles. The van der Waals surface area contributed by atoms with Crippen LogP contribution in [0.15, 0.2) is 30.7 Å². The van der Waals surface area contributed by atoms with E-state index in [2.05, 4.69) is 26.3 Å². The van der Waals surface area contributed by atoms with E-state index in [1.807, 2.05) is 11.5 Å². The summed E-state index contributed by atoms with van der Waals surface area (Å²) in [5.74, 6) is 5.13. The van der Waals surface area contributed by atoms with Crippen LogP contribution in [0.25, 0.3) is 0 Å². The minimum absolute atomic E-state index is 0.231. The number of hydrogen-bond donors (Lipinski definition) is 3. The van der Waals surface area contributed by atoms with Gasteiger partial charge in [0.05, 0.1) is 5.56 Å². The first-order valence-corrected chi connectivity index (χ1v) is 6.28. The number of hydrazine groups is 1. The first-order valence-electron chi connectivity index (χ1n) is 6.28. The minimum atomic E-state index is -0.408. The van der Waals surface area contributed by atoms with Crippen LogP contribution in [0.1, 0.15) is 21.6 Å². The van der Waals surface area contributed by atoms with Crippen LogP contribution in [0.4, 0.5) is 5.95 Å². The molecule has 2 aromatic heterocycles. The van der Waals surface area contributed by atoms with Crippen LogP contribution in [0.2, 0.25) is 0 Å². The fourth-order valence-electron chi connectivity index (χ4n) is 2.30. The van der Waals surface area contributed by atoms with Crippen LogP contribution >= 0.6 is 0 Å². The Balaban J connectivity index is 1.66. The van der Waals surface area contributed by atoms with Crippen molar-refractivity contribution in [1.29, 1.82) is 0 Å². The molecule has 20 heavy (non-hydrogen) atoms. The number of nitrogens with zero attached hydrogens (tertiary/aromatic N) is 3. The molecule has 3 rings (SSSR count). The number of rotatable bonds is 3. The topological polar surface area (TPSA) is 106 Å². The quantitative estimate of drug-likeness (QED) is 0.413. The molecule has 0 fully saturated rings. The van der Waals surface area contributed by atoms with Crippen molar-refractivity contribution in [3.63, 3.8) is 0 Å². The Morgan fingerprint density at radius 1 is 1.25 bits per heavy atom. The molecule has 2 heterocycles. The van der Waals surface area contributed by atoms with Gasteiger partial charge in [0.25, 0.3) is 5.91 Å². The molecule has 4 N–H and O–H groups in total. The fourth-order valence-corrected chi connectivity index (χ4v) is 2.30. The van der Waals surface area contributed by atoms with Crippen LogP contribution in [0.3, 0.4) is 0 Å². The van der Waals surface area contributed by atoms with Crippen molar-refractivity contribution in [2.24, 2.45) is 5.84 Å². The van der Waals surface area contributed by atoms with Crippen molar-refractivity contribution in [1.82, 2.24) is 20.4 Å². The SMILES string of the molecule is NNC(=O)c1cnc(NC2Cc3cccnc3C2)nc1. The summed E-state index contributed by atoms with van der Waals surface area (Å²) < 4.78 is 0. The number of nitrogen functional groups attached to an aromatic ring is 1. The molecule has 1 unspecified atom stereocenters. The highest BCUT2D eigenvalue weighted by atomic mass is 16.2. The Bertz CT molecular complexity index is 602. The van der Waals surface area contributed by atoms with E-state index in [9.17, 15) is 4.79 Å². The number of aromatic nitrogens is 3. The Labute approximate surface area is 115 Å². The first-order chi connectivity index (χ1) is 9.76. The highest BCUT2D eigenvalue weighted by Crippen LogP contribution is 2.21. The average Bonchev–Trinajstić information content (AvgIpc) is 2.89. The second-order valence-electron chi connectivity index (χ2n) is 4.63. The summed E-state index contributed by atoms with van der Waals surface area (Å²) in [7, 11) is 0. The lowest BCUT2D eigenvalue weighted by Gasteiger charge is -2.11. The van der Waals surface area contributed by atoms with Gasteiger partial charge in [-0.3, -0.25) is 15.2 Å². The zero-order valence-corrected chi connectivity index (χ0v) is 10.7. The molecule has 0 saturated carbocycles. The summed E-state index contributed by atoms with van der Waals surface area (Å²) in [6, 6.07) is 4.26. The maximum absolute atomic E-state index is 11.3. The standard InChI is InChI=1S/C13H14N6O/c14-19-12(20)9-6-16-13(17-7-9)18-10-4-8-2-1-3-15-11(8)5-10/h1-3,6-7,10H,4-5,14H2,(H,19,20)(H,16,17,18). The number of hydrogen-bond acceptors (Lipinski definition) is 6. The van der Waals surface area contributed by atoms with Gasteiger partial charge in [0.1, 0.15) is 0 Å². The van der Waals surface area contributed by atoms with E-state index in [1.54, 1.807) is 6.20 Å². The van der Waals surface area contributed by atoms with E-state index < -0.39 is 5.91 Å². The van der Waals surface area contributed by atoms with Crippen molar-refractivity contribution >= 4 is 11.9 Å². The smallest absolute Gasteiger partial charge is 0.268 e. The van der Waals surface area contributed by atoms with Gasteiger partial charge in [-0.05, 0) is 18.1 Å². The monoisotopic (exact) mass is 270 g/mol. The molecule has 0 spiro atoms. The van der Waals surface area contributed by atoms with Gasteiger partial charge in [-0.2, -0.15) is 0 Å². The van der Waals surface area contributed by atoms with Crippen molar-refractivity contribution in [2.45, 2.75) is 18.9 Å². The Morgan fingerprint density at radius 2 is 2.05 bits per heavy atom. The van der Waals surface area contributed by atoms with Crippen molar-refractivity contribution in [3.05, 3.63) is 47.5 Å². The molecule has 1 amide bonds. The van der Waals surface area contributed by atoms with E-state index >= 15 is 0 Å². The van der Waals surface area contributed by atoms with E-state index in [-0.39, 0.29) is 6.04 Å². The maximum atomic E-state index is 11.3. The molecule has 0 aliphatic heterocycles. The molecule has 1 atom stereocenters. The molecule has 102 valence electrons. The van der Waals surface area contributed by atoms with Gasteiger partial charge in [-0.1, -0.05) is 6.07 Å². The first kappa shape index (κ1) is 12.5. The summed E-state index contributed by atoms with van der Waals surface area (Å²) in [6.45, 7) is 0. The third kappa shape index (κ3) is 2.43. The van der Waals surface area contributed by atoms with Gasteiger partial charge in [0.2, 0.25) is 5.95 Å². The number of nitrogens with two attached hydrogens (primary N) is 1. The third-order valence-electron chi connectivity index (χ3n) is 3.27. The van der Waals surface area contributed by atoms with Crippen LogP contribution in [-0.4, -0.2) is 26.9 Å². The predicted molar refractivity (Wildman–Crippen MR) is 72.7 cm³/mol. The predicted octanol–water partition coefficient (Wildman–Crippen LogP) is 0.0544. The summed E-state index contributed by atoms with van der Waals surface area (Å²) in [5, 5.41) is 3.25. The number of nitrogens with one attached hydrogen (secondary N) is 2. The number of anilines is 1. The Hall–Kier alpha value is -2.54. The zero-order chi connectivity index (χ0) is 13.9. The third-order valence-corrected chi connectivity index (χ3v) is 3.27. The number of carbonyl (C=O) groups excluding carboxylic acids is 1. The van der Waals surface area contributed by atoms with Crippen LogP contribution in [0, 0.1) is 0 Å². The minimum Gasteiger partial charge on any atom is -0.351 e. The number of amides is 1. The van der Waals surface area contributed by atoms with E-state index in [4.69, 9.17) is 5.84 Å². The summed E-state index contributed by atoms with van der Waals surface area (Å²) in [5.41, 5.74) is 4.74. The largest absolute Gasteiger partial charge is 0.351 e. The summed E-state index contributed by atoms with van der Waals surface area (Å²) >= 11 is 0. The lowest BCUT2D eigenvalue weighted by atomic mass is 10.2. The van der Waals surface area contributed by atoms with E-state index in [0.29, 0.717) is 11.5 Å². The summed E-state index contributed by atoms with van der Waals surface area (Å²) in [6.07, 6.45) is 6.44. The van der Waals surface area contributed by atoms with Gasteiger partial charge in [-0.25, -0.2) is 15.8 Å². The second kappa shape index (κ2) is 5.22. The van der Waals surface area contributed by atoms with Gasteiger partial charge < -0.3 is 5.32 Å². The van der Waals surface area contributed by atoms with Gasteiger partial charge in [0.15, 0.2) is 0 Å². The molecule has 0 aromatic carbocycles. The normalized spacial score (nSPS) is 16.6. The number of fused-ring (bicyclic) bond motifs is 1. The molecular formula is C13H14N6O. The average molecular weight is 270 g/mol. The van der Waals surface area contributed by atoms with Crippen LogP contribution < -0.4 is 16.6 Å². The van der Waals surface area contributed by atoms with Crippen molar-refractivity contribution in [2.75, 3.05) is 5.32 Å². The lowest BCUT2D eigenvalue weighted by Crippen LogP contribution is -2.30. The molecule has 2 aromatic rings. The van der Waals surface area contributed by atoms with Crippen molar-refractivity contribution in [3.8, 4) is 0 Å². The maximum Gasteiger partial charge on any atom is 0.268 e. The lowest BCUT2D eigenvalue weighted by molar-refractivity contribution is 0.0953. The second-order valence-corrected chi connectivity index (χ2v) is 4.63. The molecule has 1 aliphatic rings. The molecular weight excluding hydrogens is 256 g/mol. The van der Waals surface area contributed by atoms with Gasteiger partial charge >= 0.3 is 0 Å². The Kier molecular flexibility index (Phi) is 3.26. The highest BCUT2D eigenvalue weighted by Gasteiger charge is 2.22. The summed E-state index contributed by atoms with van der Waals surface area (Å²) in [4.78, 5) is 23.9. The molecule has 0 radical (unpaired) electrons. The van der Waals surface area contributed by atoms with Gasteiger partial charge in [0, 0.05) is 36.7 Å². The molecule has 7 nitrogen and oxygen atoms in total. The molecule has 7 heteroatoms. The number of carbonyl (C=O) groups is 1. The van der Waals surface area contributed by atoms with Gasteiger partial charge in [-0.15, -0.1) is 0 Å². The zero-order valence-electron chi connectivity index (χ0n) is 10.7. The van der Waals surface area contributed by atoms with E-state index in [1.165, 1.54) is 18.0 Å². The molecule has 0 saturated heterocycles. The fraction of sp³-hybridized carbons (Fsp3) is 0.231. The van der Waals surface area contributed by atoms with Crippen molar-refractivity contribution < 1.29 is 4.79 Å². The van der Waals surface area contributed by atoms with E-state index in [0.717, 1.165) is 18.5 Å². The van der Waals surface area contributed by atoms with Crippen LogP contribution in [-0.2, 0) is 12.8 Å². The molecule has 0 bridgehead atoms.